The van der Waals surface area contributed by atoms with Crippen molar-refractivity contribution < 1.29 is 18.7 Å². The van der Waals surface area contributed by atoms with Gasteiger partial charge in [0.2, 0.25) is 5.95 Å². The SMILES string of the molecule is CC1(C)NC(=O)c2ccc(Nc3ncc(C(F)F)c(NCCc4ccccc4O)n3)cc21. The lowest BCUT2D eigenvalue weighted by molar-refractivity contribution is 0.0940. The summed E-state index contributed by atoms with van der Waals surface area (Å²) in [5, 5.41) is 18.7. The fourth-order valence-corrected chi connectivity index (χ4v) is 3.68. The molecule has 0 unspecified atom stereocenters. The van der Waals surface area contributed by atoms with Crippen molar-refractivity contribution in [2.75, 3.05) is 17.2 Å². The van der Waals surface area contributed by atoms with Crippen molar-refractivity contribution in [2.45, 2.75) is 32.2 Å². The van der Waals surface area contributed by atoms with Gasteiger partial charge in [-0.15, -0.1) is 0 Å². The van der Waals surface area contributed by atoms with Gasteiger partial charge in [-0.05, 0) is 55.7 Å². The van der Waals surface area contributed by atoms with Gasteiger partial charge in [0.05, 0.1) is 11.1 Å². The predicted molar refractivity (Wildman–Crippen MR) is 118 cm³/mol. The van der Waals surface area contributed by atoms with Crippen LogP contribution in [0.2, 0.25) is 0 Å². The maximum atomic E-state index is 13.5. The molecule has 166 valence electrons. The summed E-state index contributed by atoms with van der Waals surface area (Å²) in [6.07, 6.45) is -1.22. The van der Waals surface area contributed by atoms with Gasteiger partial charge in [0.25, 0.3) is 12.3 Å². The molecule has 2 heterocycles. The van der Waals surface area contributed by atoms with Crippen LogP contribution in [0.4, 0.5) is 26.2 Å². The summed E-state index contributed by atoms with van der Waals surface area (Å²) in [7, 11) is 0. The number of aromatic nitrogens is 2. The van der Waals surface area contributed by atoms with Crippen LogP contribution in [0.15, 0.2) is 48.7 Å². The van der Waals surface area contributed by atoms with Crippen LogP contribution >= 0.6 is 0 Å². The largest absolute Gasteiger partial charge is 0.508 e. The second-order valence-electron chi connectivity index (χ2n) is 8.07. The number of alkyl halides is 2. The number of fused-ring (bicyclic) bond motifs is 1. The highest BCUT2D eigenvalue weighted by Gasteiger charge is 2.35. The molecule has 1 aliphatic rings. The molecule has 0 aliphatic carbocycles. The molecule has 7 nitrogen and oxygen atoms in total. The highest BCUT2D eigenvalue weighted by Crippen LogP contribution is 2.33. The first-order valence-corrected chi connectivity index (χ1v) is 10.1. The first-order chi connectivity index (χ1) is 15.2. The maximum absolute atomic E-state index is 13.5. The third kappa shape index (κ3) is 4.32. The number of phenols is 1. The fraction of sp³-hybridized carbons (Fsp3) is 0.261. The number of benzene rings is 2. The molecule has 1 amide bonds. The monoisotopic (exact) mass is 439 g/mol. The van der Waals surface area contributed by atoms with E-state index in [1.807, 2.05) is 19.9 Å². The van der Waals surface area contributed by atoms with E-state index in [0.717, 1.165) is 11.8 Å². The lowest BCUT2D eigenvalue weighted by Gasteiger charge is -2.19. The van der Waals surface area contributed by atoms with E-state index >= 15 is 0 Å². The zero-order valence-electron chi connectivity index (χ0n) is 17.6. The molecule has 0 atom stereocenters. The Bertz CT molecular complexity index is 1170. The van der Waals surface area contributed by atoms with E-state index in [1.165, 1.54) is 0 Å². The number of rotatable bonds is 7. The number of hydrogen-bond acceptors (Lipinski definition) is 6. The van der Waals surface area contributed by atoms with Gasteiger partial charge in [0.1, 0.15) is 11.6 Å². The molecule has 0 saturated carbocycles. The van der Waals surface area contributed by atoms with Gasteiger partial charge in [0.15, 0.2) is 0 Å². The maximum Gasteiger partial charge on any atom is 0.268 e. The Labute approximate surface area is 183 Å². The molecular weight excluding hydrogens is 416 g/mol. The van der Waals surface area contributed by atoms with Crippen molar-refractivity contribution >= 4 is 23.4 Å². The summed E-state index contributed by atoms with van der Waals surface area (Å²) in [4.78, 5) is 20.3. The van der Waals surface area contributed by atoms with Gasteiger partial charge >= 0.3 is 0 Å². The van der Waals surface area contributed by atoms with Gasteiger partial charge in [-0.1, -0.05) is 18.2 Å². The van der Waals surface area contributed by atoms with E-state index in [4.69, 9.17) is 0 Å². The summed E-state index contributed by atoms with van der Waals surface area (Å²) in [6.45, 7) is 4.11. The number of phenolic OH excluding ortho intramolecular Hbond substituents is 1. The van der Waals surface area contributed by atoms with Crippen LogP contribution in [-0.4, -0.2) is 27.5 Å². The molecule has 0 fully saturated rings. The Morgan fingerprint density at radius 1 is 1.19 bits per heavy atom. The van der Waals surface area contributed by atoms with E-state index in [1.54, 1.807) is 36.4 Å². The Morgan fingerprint density at radius 3 is 2.72 bits per heavy atom. The van der Waals surface area contributed by atoms with Crippen molar-refractivity contribution in [3.8, 4) is 5.75 Å². The summed E-state index contributed by atoms with van der Waals surface area (Å²) in [5.74, 6) is 0.187. The first-order valence-electron chi connectivity index (χ1n) is 10.1. The summed E-state index contributed by atoms with van der Waals surface area (Å²) < 4.78 is 26.9. The number of anilines is 3. The third-order valence-electron chi connectivity index (χ3n) is 5.35. The zero-order valence-corrected chi connectivity index (χ0v) is 17.6. The van der Waals surface area contributed by atoms with E-state index in [0.29, 0.717) is 29.8 Å². The Morgan fingerprint density at radius 2 is 1.97 bits per heavy atom. The molecule has 0 radical (unpaired) electrons. The number of halogens is 2. The fourth-order valence-electron chi connectivity index (χ4n) is 3.68. The standard InChI is InChI=1S/C23H23F2N5O2/c1-23(2)17-11-14(7-8-15(17)21(32)30-23)28-22-27-12-16(19(24)25)20(29-22)26-10-9-13-5-3-4-6-18(13)31/h3-8,11-12,19,31H,9-10H2,1-2H3,(H,30,32)(H2,26,27,28,29). The number of nitrogens with one attached hydrogen (secondary N) is 3. The van der Waals surface area contributed by atoms with Crippen molar-refractivity contribution in [2.24, 2.45) is 0 Å². The second-order valence-corrected chi connectivity index (χ2v) is 8.07. The minimum Gasteiger partial charge on any atom is -0.508 e. The van der Waals surface area contributed by atoms with E-state index in [9.17, 15) is 18.7 Å². The van der Waals surface area contributed by atoms with Crippen molar-refractivity contribution in [3.05, 3.63) is 70.9 Å². The van der Waals surface area contributed by atoms with Crippen LogP contribution < -0.4 is 16.0 Å². The summed E-state index contributed by atoms with van der Waals surface area (Å²) in [5.41, 5.74) is 1.95. The van der Waals surface area contributed by atoms with E-state index < -0.39 is 12.0 Å². The molecule has 2 aromatic carbocycles. The Balaban J connectivity index is 1.53. The molecule has 4 rings (SSSR count). The normalized spacial score (nSPS) is 14.2. The molecule has 0 bridgehead atoms. The lowest BCUT2D eigenvalue weighted by atomic mass is 9.94. The number of para-hydroxylation sites is 1. The molecule has 0 spiro atoms. The molecule has 1 aliphatic heterocycles. The number of carbonyl (C=O) groups is 1. The number of nitrogens with zero attached hydrogens (tertiary/aromatic N) is 2. The second kappa shape index (κ2) is 8.41. The quantitative estimate of drug-likeness (QED) is 0.433. The van der Waals surface area contributed by atoms with Crippen LogP contribution in [0, 0.1) is 0 Å². The highest BCUT2D eigenvalue weighted by atomic mass is 19.3. The predicted octanol–water partition coefficient (Wildman–Crippen LogP) is 4.50. The van der Waals surface area contributed by atoms with Crippen LogP contribution in [-0.2, 0) is 12.0 Å². The number of aromatic hydroxyl groups is 1. The Hall–Kier alpha value is -3.75. The number of amides is 1. The van der Waals surface area contributed by atoms with Crippen molar-refractivity contribution in [1.29, 1.82) is 0 Å². The molecule has 4 N–H and O–H groups in total. The minimum absolute atomic E-state index is 0.0197. The first kappa shape index (κ1) is 21.5. The average Bonchev–Trinajstić information content (AvgIpc) is 2.97. The van der Waals surface area contributed by atoms with Gasteiger partial charge in [-0.2, -0.15) is 4.98 Å². The zero-order chi connectivity index (χ0) is 22.9. The van der Waals surface area contributed by atoms with Gasteiger partial charge in [-0.3, -0.25) is 4.79 Å². The molecule has 3 aromatic rings. The van der Waals surface area contributed by atoms with E-state index in [-0.39, 0.29) is 29.0 Å². The molecule has 9 heteroatoms. The third-order valence-corrected chi connectivity index (χ3v) is 5.35. The summed E-state index contributed by atoms with van der Waals surface area (Å²) >= 11 is 0. The van der Waals surface area contributed by atoms with E-state index in [2.05, 4.69) is 25.9 Å². The number of hydrogen-bond donors (Lipinski definition) is 4. The van der Waals surface area contributed by atoms with Crippen molar-refractivity contribution in [3.63, 3.8) is 0 Å². The molecule has 0 saturated heterocycles. The Kier molecular flexibility index (Phi) is 5.65. The van der Waals surface area contributed by atoms with Crippen molar-refractivity contribution in [1.82, 2.24) is 15.3 Å². The number of carbonyl (C=O) groups excluding carboxylic acids is 1. The lowest BCUT2D eigenvalue weighted by Crippen LogP contribution is -2.32. The van der Waals surface area contributed by atoms with Crippen LogP contribution in [0.25, 0.3) is 0 Å². The smallest absolute Gasteiger partial charge is 0.268 e. The highest BCUT2D eigenvalue weighted by molar-refractivity contribution is 6.00. The van der Waals surface area contributed by atoms with Gasteiger partial charge in [0, 0.05) is 24.0 Å². The van der Waals surface area contributed by atoms with Crippen LogP contribution in [0.1, 0.15) is 47.3 Å². The van der Waals surface area contributed by atoms with Crippen LogP contribution in [0.5, 0.6) is 5.75 Å². The molecule has 32 heavy (non-hydrogen) atoms. The topological polar surface area (TPSA) is 99.2 Å². The molecular formula is C23H23F2N5O2. The summed E-state index contributed by atoms with van der Waals surface area (Å²) in [6, 6.07) is 12.1. The van der Waals surface area contributed by atoms with Gasteiger partial charge in [-0.25, -0.2) is 13.8 Å². The molecule has 1 aromatic heterocycles. The minimum atomic E-state index is -2.74. The average molecular weight is 439 g/mol. The van der Waals surface area contributed by atoms with Gasteiger partial charge < -0.3 is 21.1 Å². The van der Waals surface area contributed by atoms with Crippen LogP contribution in [0.3, 0.4) is 0 Å².